The summed E-state index contributed by atoms with van der Waals surface area (Å²) in [7, 11) is 1.96. The molecule has 2 nitrogen and oxygen atoms in total. The first kappa shape index (κ1) is 9.69. The first-order valence-corrected chi connectivity index (χ1v) is 5.24. The zero-order chi connectivity index (χ0) is 9.80. The van der Waals surface area contributed by atoms with Crippen molar-refractivity contribution in [1.82, 2.24) is 5.32 Å². The first-order chi connectivity index (χ1) is 6.90. The molecule has 2 rings (SSSR count). The molecule has 0 bridgehead atoms. The molecule has 1 aliphatic rings. The molecule has 2 heteroatoms. The summed E-state index contributed by atoms with van der Waals surface area (Å²) in [6, 6.07) is 10.7. The van der Waals surface area contributed by atoms with Crippen LogP contribution in [0.1, 0.15) is 24.3 Å². The first-order valence-electron chi connectivity index (χ1n) is 5.24. The number of nitrogens with one attached hydrogen (secondary N) is 1. The molecule has 1 aromatic carbocycles. The third-order valence-corrected chi connectivity index (χ3v) is 2.88. The summed E-state index contributed by atoms with van der Waals surface area (Å²) in [5, 5.41) is 3.18. The topological polar surface area (TPSA) is 21.3 Å². The van der Waals surface area contributed by atoms with Gasteiger partial charge in [0.25, 0.3) is 0 Å². The molecule has 0 spiro atoms. The summed E-state index contributed by atoms with van der Waals surface area (Å²) < 4.78 is 5.57. The lowest BCUT2D eigenvalue weighted by atomic mass is 9.90. The molecule has 14 heavy (non-hydrogen) atoms. The summed E-state index contributed by atoms with van der Waals surface area (Å²) in [4.78, 5) is 0. The van der Waals surface area contributed by atoms with Gasteiger partial charge in [-0.05, 0) is 31.4 Å². The molecule has 1 heterocycles. The Bertz CT molecular complexity index is 273. The van der Waals surface area contributed by atoms with E-state index in [0.29, 0.717) is 5.92 Å². The Balaban J connectivity index is 2.04. The third-order valence-electron chi connectivity index (χ3n) is 2.88. The Morgan fingerprint density at radius 3 is 2.79 bits per heavy atom. The second-order valence-corrected chi connectivity index (χ2v) is 3.78. The van der Waals surface area contributed by atoms with Gasteiger partial charge < -0.3 is 4.74 Å². The zero-order valence-electron chi connectivity index (χ0n) is 8.57. The van der Waals surface area contributed by atoms with Gasteiger partial charge in [0.2, 0.25) is 0 Å². The van der Waals surface area contributed by atoms with Crippen molar-refractivity contribution < 1.29 is 4.74 Å². The zero-order valence-corrected chi connectivity index (χ0v) is 8.57. The minimum atomic E-state index is 0.231. The Morgan fingerprint density at radius 1 is 1.29 bits per heavy atom. The Labute approximate surface area is 85.3 Å². The monoisotopic (exact) mass is 191 g/mol. The molecule has 1 saturated heterocycles. The largest absolute Gasteiger partial charge is 0.363 e. The molecular weight excluding hydrogens is 174 g/mol. The van der Waals surface area contributed by atoms with Gasteiger partial charge in [0.1, 0.15) is 6.23 Å². The lowest BCUT2D eigenvalue weighted by Gasteiger charge is -2.29. The number of hydrogen-bond acceptors (Lipinski definition) is 2. The number of rotatable bonds is 2. The average Bonchev–Trinajstić information content (AvgIpc) is 2.30. The van der Waals surface area contributed by atoms with Crippen LogP contribution >= 0.6 is 0 Å². The van der Waals surface area contributed by atoms with Crippen molar-refractivity contribution in [3.8, 4) is 0 Å². The molecule has 1 aromatic rings. The van der Waals surface area contributed by atoms with Crippen molar-refractivity contribution >= 4 is 0 Å². The molecule has 2 atom stereocenters. The van der Waals surface area contributed by atoms with Crippen LogP contribution in [0.2, 0.25) is 0 Å². The smallest absolute Gasteiger partial charge is 0.108 e. The van der Waals surface area contributed by atoms with Gasteiger partial charge in [-0.3, -0.25) is 5.32 Å². The molecule has 0 radical (unpaired) electrons. The number of ether oxygens (including phenoxy) is 1. The highest BCUT2D eigenvalue weighted by molar-refractivity contribution is 5.19. The van der Waals surface area contributed by atoms with E-state index in [2.05, 4.69) is 35.6 Å². The standard InChI is InChI=1S/C12H17NO/c1-13-12-9-11(7-8-14-12)10-5-3-2-4-6-10/h2-6,11-13H,7-9H2,1H3/t11-,12-/m0/s1. The Morgan fingerprint density at radius 2 is 2.07 bits per heavy atom. The van der Waals surface area contributed by atoms with Gasteiger partial charge in [-0.2, -0.15) is 0 Å². The van der Waals surface area contributed by atoms with Crippen LogP contribution in [0.5, 0.6) is 0 Å². The lowest BCUT2D eigenvalue weighted by molar-refractivity contribution is -0.00931. The van der Waals surface area contributed by atoms with Crippen molar-refractivity contribution in [1.29, 1.82) is 0 Å². The molecule has 0 aliphatic carbocycles. The van der Waals surface area contributed by atoms with E-state index in [1.54, 1.807) is 0 Å². The minimum Gasteiger partial charge on any atom is -0.363 e. The van der Waals surface area contributed by atoms with Crippen LogP contribution in [-0.4, -0.2) is 19.9 Å². The fourth-order valence-corrected chi connectivity index (χ4v) is 2.03. The molecule has 0 unspecified atom stereocenters. The van der Waals surface area contributed by atoms with E-state index in [-0.39, 0.29) is 6.23 Å². The van der Waals surface area contributed by atoms with Gasteiger partial charge in [0.05, 0.1) is 0 Å². The molecular formula is C12H17NO. The van der Waals surface area contributed by atoms with Crippen LogP contribution in [0.25, 0.3) is 0 Å². The fraction of sp³-hybridized carbons (Fsp3) is 0.500. The highest BCUT2D eigenvalue weighted by Crippen LogP contribution is 2.28. The molecule has 0 aromatic heterocycles. The Hall–Kier alpha value is -0.860. The van der Waals surface area contributed by atoms with Crippen LogP contribution < -0.4 is 5.32 Å². The van der Waals surface area contributed by atoms with Crippen molar-refractivity contribution in [3.05, 3.63) is 35.9 Å². The fourth-order valence-electron chi connectivity index (χ4n) is 2.03. The quantitative estimate of drug-likeness (QED) is 0.773. The lowest BCUT2D eigenvalue weighted by Crippen LogP contribution is -2.34. The van der Waals surface area contributed by atoms with E-state index < -0.39 is 0 Å². The number of benzene rings is 1. The van der Waals surface area contributed by atoms with Gasteiger partial charge in [-0.1, -0.05) is 30.3 Å². The molecule has 76 valence electrons. The van der Waals surface area contributed by atoms with Crippen molar-refractivity contribution in [2.45, 2.75) is 25.0 Å². The summed E-state index contributed by atoms with van der Waals surface area (Å²) in [5.74, 6) is 0.655. The Kier molecular flexibility index (Phi) is 3.17. The van der Waals surface area contributed by atoms with Crippen LogP contribution in [-0.2, 0) is 4.74 Å². The van der Waals surface area contributed by atoms with Crippen LogP contribution in [0.15, 0.2) is 30.3 Å². The third kappa shape index (κ3) is 2.14. The van der Waals surface area contributed by atoms with Crippen LogP contribution in [0, 0.1) is 0 Å². The van der Waals surface area contributed by atoms with Crippen molar-refractivity contribution in [2.75, 3.05) is 13.7 Å². The van der Waals surface area contributed by atoms with Gasteiger partial charge in [-0.25, -0.2) is 0 Å². The molecule has 1 aliphatic heterocycles. The predicted octanol–water partition coefficient (Wildman–Crippen LogP) is 2.13. The van der Waals surface area contributed by atoms with E-state index in [0.717, 1.165) is 19.4 Å². The van der Waals surface area contributed by atoms with Gasteiger partial charge in [0.15, 0.2) is 0 Å². The normalized spacial score (nSPS) is 27.5. The van der Waals surface area contributed by atoms with Crippen LogP contribution in [0.4, 0.5) is 0 Å². The van der Waals surface area contributed by atoms with Crippen molar-refractivity contribution in [2.24, 2.45) is 0 Å². The van der Waals surface area contributed by atoms with Crippen LogP contribution in [0.3, 0.4) is 0 Å². The van der Waals surface area contributed by atoms with Gasteiger partial charge >= 0.3 is 0 Å². The second kappa shape index (κ2) is 4.58. The number of hydrogen-bond donors (Lipinski definition) is 1. The maximum atomic E-state index is 5.57. The van der Waals surface area contributed by atoms with Gasteiger partial charge in [-0.15, -0.1) is 0 Å². The molecule has 0 amide bonds. The summed E-state index contributed by atoms with van der Waals surface area (Å²) >= 11 is 0. The van der Waals surface area contributed by atoms with E-state index in [9.17, 15) is 0 Å². The highest BCUT2D eigenvalue weighted by atomic mass is 16.5. The highest BCUT2D eigenvalue weighted by Gasteiger charge is 2.22. The van der Waals surface area contributed by atoms with E-state index in [1.807, 2.05) is 7.05 Å². The maximum Gasteiger partial charge on any atom is 0.108 e. The van der Waals surface area contributed by atoms with Crippen molar-refractivity contribution in [3.63, 3.8) is 0 Å². The van der Waals surface area contributed by atoms with E-state index >= 15 is 0 Å². The minimum absolute atomic E-state index is 0.231. The van der Waals surface area contributed by atoms with E-state index in [4.69, 9.17) is 4.74 Å². The van der Waals surface area contributed by atoms with E-state index in [1.165, 1.54) is 5.56 Å². The average molecular weight is 191 g/mol. The maximum absolute atomic E-state index is 5.57. The molecule has 1 fully saturated rings. The summed E-state index contributed by atoms with van der Waals surface area (Å²) in [6.07, 6.45) is 2.46. The second-order valence-electron chi connectivity index (χ2n) is 3.78. The SMILES string of the molecule is CN[C@@H]1C[C@@H](c2ccccc2)CCO1. The summed E-state index contributed by atoms with van der Waals surface area (Å²) in [5.41, 5.74) is 1.44. The summed E-state index contributed by atoms with van der Waals surface area (Å²) in [6.45, 7) is 0.866. The molecule has 1 N–H and O–H groups in total. The van der Waals surface area contributed by atoms with Gasteiger partial charge in [0, 0.05) is 6.61 Å². The predicted molar refractivity (Wildman–Crippen MR) is 57.2 cm³/mol. The molecule has 0 saturated carbocycles.